The van der Waals surface area contributed by atoms with Crippen LogP contribution >= 0.6 is 11.8 Å². The summed E-state index contributed by atoms with van der Waals surface area (Å²) in [7, 11) is 0. The lowest BCUT2D eigenvalue weighted by molar-refractivity contribution is 0.482. The number of nitrogens with zero attached hydrogens (tertiary/aromatic N) is 4. The number of thioether (sulfide) groups is 1. The third-order valence-electron chi connectivity index (χ3n) is 2.11. The SMILES string of the molecule is C=CCCSc1nnnn1CCNCC(C)C. The molecule has 1 N–H and O–H groups in total. The first-order chi connectivity index (χ1) is 8.24. The van der Waals surface area contributed by atoms with Crippen molar-refractivity contribution in [3.63, 3.8) is 0 Å². The van der Waals surface area contributed by atoms with Gasteiger partial charge in [0.15, 0.2) is 0 Å². The van der Waals surface area contributed by atoms with Gasteiger partial charge in [-0.05, 0) is 29.3 Å². The third-order valence-corrected chi connectivity index (χ3v) is 3.10. The molecular weight excluding hydrogens is 234 g/mol. The molecule has 1 aromatic heterocycles. The van der Waals surface area contributed by atoms with Crippen molar-refractivity contribution in [2.75, 3.05) is 18.8 Å². The summed E-state index contributed by atoms with van der Waals surface area (Å²) in [5.74, 6) is 1.65. The molecule has 0 saturated carbocycles. The topological polar surface area (TPSA) is 55.6 Å². The Kier molecular flexibility index (Phi) is 6.88. The number of tetrazole rings is 1. The molecule has 1 heterocycles. The highest BCUT2D eigenvalue weighted by atomic mass is 32.2. The van der Waals surface area contributed by atoms with Gasteiger partial charge in [-0.2, -0.15) is 0 Å². The number of hydrogen-bond acceptors (Lipinski definition) is 5. The lowest BCUT2D eigenvalue weighted by Crippen LogP contribution is -2.24. The molecule has 0 aromatic carbocycles. The summed E-state index contributed by atoms with van der Waals surface area (Å²) in [4.78, 5) is 0. The number of nitrogens with one attached hydrogen (secondary N) is 1. The Morgan fingerprint density at radius 1 is 1.53 bits per heavy atom. The predicted molar refractivity (Wildman–Crippen MR) is 71.1 cm³/mol. The smallest absolute Gasteiger partial charge is 0.209 e. The standard InChI is InChI=1S/C11H21N5S/c1-4-5-8-17-11-13-14-15-16(11)7-6-12-9-10(2)3/h4,10,12H,1,5-9H2,2-3H3. The van der Waals surface area contributed by atoms with E-state index in [1.807, 2.05) is 10.8 Å². The first-order valence-corrected chi connectivity index (χ1v) is 6.93. The van der Waals surface area contributed by atoms with Crippen molar-refractivity contribution < 1.29 is 0 Å². The second-order valence-corrected chi connectivity index (χ2v) is 5.27. The minimum absolute atomic E-state index is 0.672. The fourth-order valence-corrected chi connectivity index (χ4v) is 2.09. The van der Waals surface area contributed by atoms with E-state index < -0.39 is 0 Å². The Balaban J connectivity index is 2.27. The van der Waals surface area contributed by atoms with E-state index in [1.54, 1.807) is 11.8 Å². The van der Waals surface area contributed by atoms with E-state index >= 15 is 0 Å². The quantitative estimate of drug-likeness (QED) is 0.412. The minimum Gasteiger partial charge on any atom is -0.315 e. The zero-order chi connectivity index (χ0) is 12.5. The fourth-order valence-electron chi connectivity index (χ4n) is 1.25. The average Bonchev–Trinajstić information content (AvgIpc) is 2.72. The zero-order valence-corrected chi connectivity index (χ0v) is 11.4. The monoisotopic (exact) mass is 255 g/mol. The summed E-state index contributed by atoms with van der Waals surface area (Å²) in [6, 6.07) is 0. The van der Waals surface area contributed by atoms with Crippen LogP contribution in [-0.2, 0) is 6.54 Å². The van der Waals surface area contributed by atoms with Crippen LogP contribution in [0.1, 0.15) is 20.3 Å². The van der Waals surface area contributed by atoms with Crippen LogP contribution in [0.15, 0.2) is 17.8 Å². The van der Waals surface area contributed by atoms with Crippen molar-refractivity contribution >= 4 is 11.8 Å². The van der Waals surface area contributed by atoms with E-state index in [0.29, 0.717) is 5.92 Å². The summed E-state index contributed by atoms with van der Waals surface area (Å²) in [6.07, 6.45) is 2.88. The normalized spacial score (nSPS) is 11.0. The second kappa shape index (κ2) is 8.25. The third kappa shape index (κ3) is 5.83. The Morgan fingerprint density at radius 3 is 3.06 bits per heavy atom. The van der Waals surface area contributed by atoms with Crippen molar-refractivity contribution in [1.82, 2.24) is 25.5 Å². The van der Waals surface area contributed by atoms with Crippen LogP contribution < -0.4 is 5.32 Å². The summed E-state index contributed by atoms with van der Waals surface area (Å²) >= 11 is 1.67. The number of hydrogen-bond donors (Lipinski definition) is 1. The van der Waals surface area contributed by atoms with Gasteiger partial charge in [-0.1, -0.05) is 31.7 Å². The van der Waals surface area contributed by atoms with E-state index in [1.165, 1.54) is 0 Å². The summed E-state index contributed by atoms with van der Waals surface area (Å²) < 4.78 is 1.85. The molecule has 5 nitrogen and oxygen atoms in total. The maximum Gasteiger partial charge on any atom is 0.209 e. The van der Waals surface area contributed by atoms with Gasteiger partial charge >= 0.3 is 0 Å². The van der Waals surface area contributed by atoms with Gasteiger partial charge < -0.3 is 5.32 Å². The van der Waals surface area contributed by atoms with Crippen molar-refractivity contribution in [2.45, 2.75) is 32.0 Å². The van der Waals surface area contributed by atoms with E-state index in [0.717, 1.165) is 37.0 Å². The Morgan fingerprint density at radius 2 is 2.35 bits per heavy atom. The first-order valence-electron chi connectivity index (χ1n) is 5.94. The maximum absolute atomic E-state index is 4.00. The van der Waals surface area contributed by atoms with E-state index in [4.69, 9.17) is 0 Å². The highest BCUT2D eigenvalue weighted by Gasteiger charge is 2.05. The molecule has 0 aliphatic rings. The lowest BCUT2D eigenvalue weighted by Gasteiger charge is -2.07. The Bertz CT molecular complexity index is 323. The predicted octanol–water partition coefficient (Wildman–Crippen LogP) is 1.59. The molecule has 0 amide bonds. The van der Waals surface area contributed by atoms with Crippen LogP contribution in [0.2, 0.25) is 0 Å². The molecule has 0 saturated heterocycles. The van der Waals surface area contributed by atoms with Gasteiger partial charge in [0.25, 0.3) is 0 Å². The van der Waals surface area contributed by atoms with Crippen molar-refractivity contribution in [3.05, 3.63) is 12.7 Å². The molecule has 0 spiro atoms. The molecule has 0 aliphatic carbocycles. The molecule has 0 atom stereocenters. The van der Waals surface area contributed by atoms with Gasteiger partial charge in [0, 0.05) is 12.3 Å². The van der Waals surface area contributed by atoms with E-state index in [9.17, 15) is 0 Å². The number of aromatic nitrogens is 4. The Labute approximate surface area is 107 Å². The maximum atomic E-state index is 4.00. The molecule has 0 unspecified atom stereocenters. The molecule has 17 heavy (non-hydrogen) atoms. The summed E-state index contributed by atoms with van der Waals surface area (Å²) in [5, 5.41) is 16.0. The van der Waals surface area contributed by atoms with Gasteiger partial charge in [0.05, 0.1) is 6.54 Å². The first kappa shape index (κ1) is 14.2. The van der Waals surface area contributed by atoms with Crippen LogP contribution in [-0.4, -0.2) is 39.0 Å². The molecule has 6 heteroatoms. The van der Waals surface area contributed by atoms with Crippen molar-refractivity contribution in [3.8, 4) is 0 Å². The molecule has 0 radical (unpaired) electrons. The summed E-state index contributed by atoms with van der Waals surface area (Å²) in [6.45, 7) is 10.8. The average molecular weight is 255 g/mol. The number of allylic oxidation sites excluding steroid dienone is 1. The van der Waals surface area contributed by atoms with Crippen molar-refractivity contribution in [1.29, 1.82) is 0 Å². The van der Waals surface area contributed by atoms with Gasteiger partial charge in [0.2, 0.25) is 5.16 Å². The van der Waals surface area contributed by atoms with Gasteiger partial charge in [-0.3, -0.25) is 0 Å². The molecule has 0 fully saturated rings. The molecule has 1 rings (SSSR count). The molecule has 0 aliphatic heterocycles. The van der Waals surface area contributed by atoms with Crippen LogP contribution in [0.3, 0.4) is 0 Å². The highest BCUT2D eigenvalue weighted by Crippen LogP contribution is 2.14. The minimum atomic E-state index is 0.672. The molecule has 96 valence electrons. The summed E-state index contributed by atoms with van der Waals surface area (Å²) in [5.41, 5.74) is 0. The Hall–Kier alpha value is -0.880. The van der Waals surface area contributed by atoms with Gasteiger partial charge in [-0.15, -0.1) is 11.7 Å². The van der Waals surface area contributed by atoms with Crippen molar-refractivity contribution in [2.24, 2.45) is 5.92 Å². The van der Waals surface area contributed by atoms with Crippen LogP contribution in [0, 0.1) is 5.92 Å². The van der Waals surface area contributed by atoms with E-state index in [2.05, 4.69) is 41.3 Å². The zero-order valence-electron chi connectivity index (χ0n) is 10.6. The van der Waals surface area contributed by atoms with Crippen LogP contribution in [0.5, 0.6) is 0 Å². The lowest BCUT2D eigenvalue weighted by atomic mass is 10.2. The van der Waals surface area contributed by atoms with Crippen LogP contribution in [0.4, 0.5) is 0 Å². The highest BCUT2D eigenvalue weighted by molar-refractivity contribution is 7.99. The van der Waals surface area contributed by atoms with E-state index in [-0.39, 0.29) is 0 Å². The molecular formula is C11H21N5S. The molecule has 1 aromatic rings. The number of rotatable bonds is 9. The van der Waals surface area contributed by atoms with Gasteiger partial charge in [0.1, 0.15) is 0 Å². The molecule has 0 bridgehead atoms. The van der Waals surface area contributed by atoms with Crippen LogP contribution in [0.25, 0.3) is 0 Å². The second-order valence-electron chi connectivity index (χ2n) is 4.21. The van der Waals surface area contributed by atoms with Gasteiger partial charge in [-0.25, -0.2) is 4.68 Å². The largest absolute Gasteiger partial charge is 0.315 e. The fraction of sp³-hybridized carbons (Fsp3) is 0.727.